The molecule has 2 heterocycles. The number of nitrogens with zero attached hydrogens (tertiary/aromatic N) is 2. The Morgan fingerprint density at radius 1 is 1.21 bits per heavy atom. The lowest BCUT2D eigenvalue weighted by atomic mass is 9.88. The first-order chi connectivity index (χ1) is 8.95. The van der Waals surface area contributed by atoms with E-state index in [2.05, 4.69) is 42.8 Å². The molecule has 3 atom stereocenters. The molecule has 1 aromatic heterocycles. The molecule has 1 aliphatic carbocycles. The van der Waals surface area contributed by atoms with E-state index in [0.717, 1.165) is 25.3 Å². The Hall–Kier alpha value is -1.09. The Labute approximate surface area is 115 Å². The monoisotopic (exact) mass is 260 g/mol. The van der Waals surface area contributed by atoms with Crippen LogP contribution in [0.2, 0.25) is 0 Å². The van der Waals surface area contributed by atoms with Crippen LogP contribution in [0.1, 0.15) is 39.2 Å². The van der Waals surface area contributed by atoms with Crippen LogP contribution < -0.4 is 4.90 Å². The van der Waals surface area contributed by atoms with Gasteiger partial charge in [-0.05, 0) is 35.8 Å². The van der Waals surface area contributed by atoms with Crippen molar-refractivity contribution in [2.45, 2.75) is 45.1 Å². The lowest BCUT2D eigenvalue weighted by molar-refractivity contribution is 0.133. The number of pyridine rings is 1. The van der Waals surface area contributed by atoms with Crippen molar-refractivity contribution in [1.29, 1.82) is 0 Å². The lowest BCUT2D eigenvalue weighted by Gasteiger charge is -2.22. The third-order valence-corrected chi connectivity index (χ3v) is 4.76. The quantitative estimate of drug-likeness (QED) is 0.843. The molecule has 1 aliphatic heterocycles. The van der Waals surface area contributed by atoms with Crippen LogP contribution >= 0.6 is 0 Å². The van der Waals surface area contributed by atoms with Gasteiger partial charge >= 0.3 is 0 Å². The van der Waals surface area contributed by atoms with Gasteiger partial charge < -0.3 is 10.0 Å². The molecule has 1 N–H and O–H groups in total. The molecule has 3 heteroatoms. The molecule has 1 saturated heterocycles. The second-order valence-corrected chi connectivity index (χ2v) is 7.13. The molecule has 1 saturated carbocycles. The number of aliphatic hydroxyl groups is 1. The van der Waals surface area contributed by atoms with Crippen LogP contribution in [0.5, 0.6) is 0 Å². The second kappa shape index (κ2) is 4.48. The summed E-state index contributed by atoms with van der Waals surface area (Å²) in [5.74, 6) is 2.19. The van der Waals surface area contributed by atoms with E-state index in [4.69, 9.17) is 0 Å². The predicted molar refractivity (Wildman–Crippen MR) is 77.4 cm³/mol. The van der Waals surface area contributed by atoms with Gasteiger partial charge in [-0.15, -0.1) is 0 Å². The lowest BCUT2D eigenvalue weighted by Crippen LogP contribution is -2.25. The molecule has 0 spiro atoms. The van der Waals surface area contributed by atoms with E-state index in [1.54, 1.807) is 0 Å². The highest BCUT2D eigenvalue weighted by molar-refractivity contribution is 5.42. The topological polar surface area (TPSA) is 36.4 Å². The average molecular weight is 260 g/mol. The Morgan fingerprint density at radius 3 is 2.58 bits per heavy atom. The maximum Gasteiger partial charge on any atom is 0.128 e. The summed E-state index contributed by atoms with van der Waals surface area (Å²) in [7, 11) is 0. The number of anilines is 1. The van der Waals surface area contributed by atoms with E-state index in [-0.39, 0.29) is 11.5 Å². The van der Waals surface area contributed by atoms with Gasteiger partial charge in [0.05, 0.1) is 6.10 Å². The zero-order valence-electron chi connectivity index (χ0n) is 12.1. The van der Waals surface area contributed by atoms with Gasteiger partial charge in [0, 0.05) is 25.2 Å². The highest BCUT2D eigenvalue weighted by atomic mass is 16.3. The van der Waals surface area contributed by atoms with Crippen molar-refractivity contribution in [3.05, 3.63) is 23.9 Å². The smallest absolute Gasteiger partial charge is 0.128 e. The maximum atomic E-state index is 9.97. The fourth-order valence-corrected chi connectivity index (χ4v) is 3.44. The first-order valence-corrected chi connectivity index (χ1v) is 7.35. The van der Waals surface area contributed by atoms with Crippen molar-refractivity contribution in [3.63, 3.8) is 0 Å². The van der Waals surface area contributed by atoms with Crippen LogP contribution in [0.15, 0.2) is 18.3 Å². The SMILES string of the molecule is CC(C)(C)c1ccc(N2CC3CCC(O)C3C2)nc1. The number of rotatable bonds is 1. The van der Waals surface area contributed by atoms with E-state index in [1.807, 2.05) is 6.20 Å². The largest absolute Gasteiger partial charge is 0.393 e. The molecule has 104 valence electrons. The zero-order chi connectivity index (χ0) is 13.6. The minimum atomic E-state index is -0.0937. The van der Waals surface area contributed by atoms with Gasteiger partial charge in [0.1, 0.15) is 5.82 Å². The molecule has 2 aliphatic rings. The summed E-state index contributed by atoms with van der Waals surface area (Å²) in [6.07, 6.45) is 4.06. The second-order valence-electron chi connectivity index (χ2n) is 7.13. The normalized spacial score (nSPS) is 30.7. The number of aromatic nitrogens is 1. The molecule has 0 aromatic carbocycles. The van der Waals surface area contributed by atoms with Crippen molar-refractivity contribution in [2.24, 2.45) is 11.8 Å². The molecule has 2 fully saturated rings. The van der Waals surface area contributed by atoms with Gasteiger partial charge in [-0.3, -0.25) is 0 Å². The summed E-state index contributed by atoms with van der Waals surface area (Å²) in [5, 5.41) is 9.97. The molecular weight excluding hydrogens is 236 g/mol. The molecule has 0 amide bonds. The van der Waals surface area contributed by atoms with Crippen molar-refractivity contribution >= 4 is 5.82 Å². The van der Waals surface area contributed by atoms with Crippen LogP contribution in [0, 0.1) is 11.8 Å². The van der Waals surface area contributed by atoms with Crippen molar-refractivity contribution in [3.8, 4) is 0 Å². The standard InChI is InChI=1S/C16H24N2O/c1-16(2,3)12-5-7-15(17-8-12)18-9-11-4-6-14(19)13(11)10-18/h5,7-8,11,13-14,19H,4,6,9-10H2,1-3H3. The van der Waals surface area contributed by atoms with Gasteiger partial charge in [0.25, 0.3) is 0 Å². The van der Waals surface area contributed by atoms with Crippen molar-refractivity contribution in [2.75, 3.05) is 18.0 Å². The van der Waals surface area contributed by atoms with Crippen LogP contribution in [-0.2, 0) is 5.41 Å². The fraction of sp³-hybridized carbons (Fsp3) is 0.688. The molecule has 0 bridgehead atoms. The average Bonchev–Trinajstić information content (AvgIpc) is 2.91. The molecule has 3 unspecified atom stereocenters. The Bertz CT molecular complexity index is 449. The molecule has 19 heavy (non-hydrogen) atoms. The maximum absolute atomic E-state index is 9.97. The first kappa shape index (κ1) is 12.9. The van der Waals surface area contributed by atoms with Crippen LogP contribution in [0.25, 0.3) is 0 Å². The predicted octanol–water partition coefficient (Wildman–Crippen LogP) is 2.59. The summed E-state index contributed by atoms with van der Waals surface area (Å²) in [6.45, 7) is 8.65. The highest BCUT2D eigenvalue weighted by Crippen LogP contribution is 2.39. The van der Waals surface area contributed by atoms with Gasteiger partial charge in [-0.25, -0.2) is 4.98 Å². The summed E-state index contributed by atoms with van der Waals surface area (Å²) in [5.41, 5.74) is 1.43. The Balaban J connectivity index is 1.74. The van der Waals surface area contributed by atoms with Crippen molar-refractivity contribution < 1.29 is 5.11 Å². The van der Waals surface area contributed by atoms with Crippen LogP contribution in [-0.4, -0.2) is 29.3 Å². The molecule has 0 radical (unpaired) electrons. The van der Waals surface area contributed by atoms with Crippen LogP contribution in [0.3, 0.4) is 0 Å². The summed E-state index contributed by atoms with van der Waals surface area (Å²) >= 11 is 0. The third-order valence-electron chi connectivity index (χ3n) is 4.76. The number of fused-ring (bicyclic) bond motifs is 1. The van der Waals surface area contributed by atoms with Gasteiger partial charge in [-0.2, -0.15) is 0 Å². The fourth-order valence-electron chi connectivity index (χ4n) is 3.44. The Kier molecular flexibility index (Phi) is 3.05. The number of hydrogen-bond acceptors (Lipinski definition) is 3. The van der Waals surface area contributed by atoms with Gasteiger partial charge in [-0.1, -0.05) is 26.8 Å². The van der Waals surface area contributed by atoms with E-state index >= 15 is 0 Å². The minimum Gasteiger partial charge on any atom is -0.393 e. The zero-order valence-corrected chi connectivity index (χ0v) is 12.1. The molecule has 3 rings (SSSR count). The first-order valence-electron chi connectivity index (χ1n) is 7.35. The minimum absolute atomic E-state index is 0.0937. The number of aliphatic hydroxyl groups excluding tert-OH is 1. The summed E-state index contributed by atoms with van der Waals surface area (Å²) < 4.78 is 0. The van der Waals surface area contributed by atoms with Gasteiger partial charge in [0.15, 0.2) is 0 Å². The van der Waals surface area contributed by atoms with Gasteiger partial charge in [0.2, 0.25) is 0 Å². The molecule has 3 nitrogen and oxygen atoms in total. The summed E-state index contributed by atoms with van der Waals surface area (Å²) in [6, 6.07) is 4.32. The van der Waals surface area contributed by atoms with E-state index in [1.165, 1.54) is 12.0 Å². The van der Waals surface area contributed by atoms with Crippen LogP contribution in [0.4, 0.5) is 5.82 Å². The summed E-state index contributed by atoms with van der Waals surface area (Å²) in [4.78, 5) is 6.96. The van der Waals surface area contributed by atoms with Crippen molar-refractivity contribution in [1.82, 2.24) is 4.98 Å². The third kappa shape index (κ3) is 2.36. The Morgan fingerprint density at radius 2 is 2.00 bits per heavy atom. The van der Waals surface area contributed by atoms with E-state index in [0.29, 0.717) is 11.8 Å². The van der Waals surface area contributed by atoms with E-state index in [9.17, 15) is 5.11 Å². The van der Waals surface area contributed by atoms with E-state index < -0.39 is 0 Å². The number of hydrogen-bond donors (Lipinski definition) is 1. The molecular formula is C16H24N2O. The highest BCUT2D eigenvalue weighted by Gasteiger charge is 2.42. The molecule has 1 aromatic rings.